The highest BCUT2D eigenvalue weighted by Crippen LogP contribution is 2.42. The van der Waals surface area contributed by atoms with Crippen LogP contribution in [-0.2, 0) is 6.54 Å². The van der Waals surface area contributed by atoms with Crippen molar-refractivity contribution < 1.29 is 0 Å². The fraction of sp³-hybridized carbons (Fsp3) is 0.471. The van der Waals surface area contributed by atoms with Gasteiger partial charge in [0, 0.05) is 6.04 Å². The lowest BCUT2D eigenvalue weighted by atomic mass is 9.98. The normalized spacial score (nSPS) is 24.9. The van der Waals surface area contributed by atoms with Gasteiger partial charge in [0.05, 0.1) is 23.6 Å². The Morgan fingerprint density at radius 3 is 2.76 bits per heavy atom. The SMILES string of the molecule is Cc1ccc(-n2nnnc2Cn2cc([C@H]3N[C@@H]4CC[C@H]3C4)nn2)cc1. The molecule has 0 amide bonds. The van der Waals surface area contributed by atoms with Crippen LogP contribution in [0.3, 0.4) is 0 Å². The van der Waals surface area contributed by atoms with Crippen molar-refractivity contribution in [2.45, 2.75) is 44.8 Å². The Morgan fingerprint density at radius 1 is 1.12 bits per heavy atom. The summed E-state index contributed by atoms with van der Waals surface area (Å²) in [5.74, 6) is 1.44. The fourth-order valence-corrected chi connectivity index (χ4v) is 4.06. The minimum atomic E-state index is 0.348. The average molecular weight is 336 g/mol. The summed E-state index contributed by atoms with van der Waals surface area (Å²) in [5.41, 5.74) is 3.18. The zero-order valence-corrected chi connectivity index (χ0v) is 14.1. The van der Waals surface area contributed by atoms with Crippen LogP contribution < -0.4 is 5.32 Å². The van der Waals surface area contributed by atoms with Crippen LogP contribution in [-0.4, -0.2) is 41.2 Å². The van der Waals surface area contributed by atoms with Gasteiger partial charge < -0.3 is 5.32 Å². The van der Waals surface area contributed by atoms with Gasteiger partial charge in [0.25, 0.3) is 0 Å². The summed E-state index contributed by atoms with van der Waals surface area (Å²) in [5, 5.41) is 24.4. The predicted molar refractivity (Wildman–Crippen MR) is 90.0 cm³/mol. The van der Waals surface area contributed by atoms with Crippen LogP contribution in [0.25, 0.3) is 5.69 Å². The van der Waals surface area contributed by atoms with E-state index in [1.165, 1.54) is 24.8 Å². The first kappa shape index (κ1) is 14.7. The van der Waals surface area contributed by atoms with Crippen molar-refractivity contribution in [3.05, 3.63) is 47.5 Å². The van der Waals surface area contributed by atoms with Gasteiger partial charge in [-0.25, -0.2) is 4.68 Å². The monoisotopic (exact) mass is 336 g/mol. The maximum absolute atomic E-state index is 4.38. The molecule has 1 aliphatic carbocycles. The zero-order chi connectivity index (χ0) is 16.8. The largest absolute Gasteiger partial charge is 0.305 e. The Hall–Kier alpha value is -2.61. The number of fused-ring (bicyclic) bond motifs is 2. The molecule has 8 nitrogen and oxygen atoms in total. The molecule has 1 saturated carbocycles. The third-order valence-corrected chi connectivity index (χ3v) is 5.35. The second-order valence-electron chi connectivity index (χ2n) is 7.10. The zero-order valence-electron chi connectivity index (χ0n) is 14.1. The van der Waals surface area contributed by atoms with E-state index in [1.54, 1.807) is 4.68 Å². The Balaban J connectivity index is 1.37. The van der Waals surface area contributed by atoms with Crippen LogP contribution in [0.15, 0.2) is 30.5 Å². The Labute approximate surface area is 145 Å². The predicted octanol–water partition coefficient (Wildman–Crippen LogP) is 1.42. The van der Waals surface area contributed by atoms with Gasteiger partial charge in [-0.05, 0) is 54.7 Å². The van der Waals surface area contributed by atoms with Gasteiger partial charge in [0.15, 0.2) is 5.82 Å². The summed E-state index contributed by atoms with van der Waals surface area (Å²) in [6, 6.07) is 9.14. The number of aryl methyl sites for hydroxylation is 1. The van der Waals surface area contributed by atoms with E-state index in [1.807, 2.05) is 23.0 Å². The summed E-state index contributed by atoms with van der Waals surface area (Å²) in [6.45, 7) is 2.56. The number of hydrogen-bond acceptors (Lipinski definition) is 6. The van der Waals surface area contributed by atoms with Crippen molar-refractivity contribution in [2.24, 2.45) is 5.92 Å². The van der Waals surface area contributed by atoms with Crippen molar-refractivity contribution in [2.75, 3.05) is 0 Å². The standard InChI is InChI=1S/C17H20N8/c1-11-2-6-14(7-3-11)25-16(20-21-23-25)10-24-9-15(19-22-24)17-12-4-5-13(8-12)18-17/h2-3,6-7,9,12-13,17-18H,4-5,8,10H2,1H3/t12-,13+,17-/m0/s1. The van der Waals surface area contributed by atoms with Crippen molar-refractivity contribution in [1.82, 2.24) is 40.5 Å². The van der Waals surface area contributed by atoms with Gasteiger partial charge in [-0.15, -0.1) is 10.2 Å². The van der Waals surface area contributed by atoms with Crippen LogP contribution in [0.1, 0.15) is 42.4 Å². The third kappa shape index (κ3) is 2.62. The number of tetrazole rings is 1. The summed E-state index contributed by atoms with van der Waals surface area (Å²) < 4.78 is 3.57. The van der Waals surface area contributed by atoms with Gasteiger partial charge in [0.1, 0.15) is 6.54 Å². The highest BCUT2D eigenvalue weighted by Gasteiger charge is 2.41. The molecule has 1 aliphatic heterocycles. The number of rotatable bonds is 4. The van der Waals surface area contributed by atoms with E-state index < -0.39 is 0 Å². The first-order valence-corrected chi connectivity index (χ1v) is 8.76. The number of benzene rings is 1. The molecule has 3 atom stereocenters. The van der Waals surface area contributed by atoms with Crippen molar-refractivity contribution in [3.63, 3.8) is 0 Å². The molecular weight excluding hydrogens is 316 g/mol. The smallest absolute Gasteiger partial charge is 0.178 e. The Bertz CT molecular complexity index is 880. The molecule has 1 aromatic carbocycles. The van der Waals surface area contributed by atoms with E-state index in [0.29, 0.717) is 24.5 Å². The van der Waals surface area contributed by atoms with Crippen LogP contribution in [0.4, 0.5) is 0 Å². The fourth-order valence-electron chi connectivity index (χ4n) is 4.06. The minimum Gasteiger partial charge on any atom is -0.305 e. The Morgan fingerprint density at radius 2 is 2.00 bits per heavy atom. The van der Waals surface area contributed by atoms with Crippen LogP contribution >= 0.6 is 0 Å². The first-order valence-electron chi connectivity index (χ1n) is 8.76. The van der Waals surface area contributed by atoms with E-state index in [9.17, 15) is 0 Å². The van der Waals surface area contributed by atoms with Gasteiger partial charge in [-0.3, -0.25) is 0 Å². The molecule has 128 valence electrons. The topological polar surface area (TPSA) is 86.3 Å². The quantitative estimate of drug-likeness (QED) is 0.775. The molecule has 8 heteroatoms. The number of aromatic nitrogens is 7. The maximum Gasteiger partial charge on any atom is 0.178 e. The van der Waals surface area contributed by atoms with Crippen molar-refractivity contribution in [3.8, 4) is 5.69 Å². The summed E-state index contributed by atoms with van der Waals surface area (Å²) in [7, 11) is 0. The first-order chi connectivity index (χ1) is 12.3. The highest BCUT2D eigenvalue weighted by molar-refractivity contribution is 5.33. The minimum absolute atomic E-state index is 0.348. The van der Waals surface area contributed by atoms with Gasteiger partial charge in [-0.2, -0.15) is 4.68 Å². The molecule has 5 rings (SSSR count). The van der Waals surface area contributed by atoms with Crippen molar-refractivity contribution in [1.29, 1.82) is 0 Å². The molecule has 2 fully saturated rings. The lowest BCUT2D eigenvalue weighted by molar-refractivity contribution is 0.384. The molecule has 0 spiro atoms. The second kappa shape index (κ2) is 5.73. The molecule has 3 heterocycles. The number of nitrogens with one attached hydrogen (secondary N) is 1. The molecule has 2 bridgehead atoms. The molecule has 3 aromatic rings. The molecule has 25 heavy (non-hydrogen) atoms. The lowest BCUT2D eigenvalue weighted by Crippen LogP contribution is -2.28. The highest BCUT2D eigenvalue weighted by atomic mass is 15.6. The van der Waals surface area contributed by atoms with Crippen LogP contribution in [0.2, 0.25) is 0 Å². The molecule has 0 radical (unpaired) electrons. The van der Waals surface area contributed by atoms with E-state index in [2.05, 4.69) is 50.2 Å². The summed E-state index contributed by atoms with van der Waals surface area (Å²) in [4.78, 5) is 0. The molecule has 0 unspecified atom stereocenters. The maximum atomic E-state index is 4.38. The van der Waals surface area contributed by atoms with Gasteiger partial charge in [0.2, 0.25) is 0 Å². The van der Waals surface area contributed by atoms with Crippen LogP contribution in [0, 0.1) is 12.8 Å². The summed E-state index contributed by atoms with van der Waals surface area (Å²) in [6.07, 6.45) is 5.87. The van der Waals surface area contributed by atoms with Gasteiger partial charge >= 0.3 is 0 Å². The third-order valence-electron chi connectivity index (χ3n) is 5.35. The second-order valence-corrected chi connectivity index (χ2v) is 7.10. The van der Waals surface area contributed by atoms with Crippen molar-refractivity contribution >= 4 is 0 Å². The molecule has 1 saturated heterocycles. The molecule has 2 aromatic heterocycles. The Kier molecular flexibility index (Phi) is 3.37. The number of nitrogens with zero attached hydrogens (tertiary/aromatic N) is 7. The summed E-state index contributed by atoms with van der Waals surface area (Å²) >= 11 is 0. The molecule has 1 N–H and O–H groups in total. The van der Waals surface area contributed by atoms with E-state index in [-0.39, 0.29) is 0 Å². The van der Waals surface area contributed by atoms with E-state index in [4.69, 9.17) is 0 Å². The lowest BCUT2D eigenvalue weighted by Gasteiger charge is -2.20. The van der Waals surface area contributed by atoms with Gasteiger partial charge in [-0.1, -0.05) is 22.9 Å². The molecule has 2 aliphatic rings. The average Bonchev–Trinajstić information content (AvgIpc) is 3.40. The molecular formula is C17H20N8. The van der Waals surface area contributed by atoms with E-state index in [0.717, 1.165) is 17.2 Å². The number of hydrogen-bond donors (Lipinski definition) is 1. The number of piperidine rings is 1. The van der Waals surface area contributed by atoms with Crippen LogP contribution in [0.5, 0.6) is 0 Å². The van der Waals surface area contributed by atoms with E-state index >= 15 is 0 Å².